The summed E-state index contributed by atoms with van der Waals surface area (Å²) in [6, 6.07) is 4.83. The van der Waals surface area contributed by atoms with E-state index in [0.717, 1.165) is 36.7 Å². The lowest BCUT2D eigenvalue weighted by atomic mass is 10.2. The third-order valence-corrected chi connectivity index (χ3v) is 4.00. The van der Waals surface area contributed by atoms with Crippen molar-refractivity contribution in [3.63, 3.8) is 0 Å². The minimum atomic E-state index is 0.564. The second-order valence-electron chi connectivity index (χ2n) is 5.22. The third kappa shape index (κ3) is 1.69. The highest BCUT2D eigenvalue weighted by Crippen LogP contribution is 2.35. The molecule has 0 amide bonds. The first-order chi connectivity index (χ1) is 9.33. The van der Waals surface area contributed by atoms with Crippen LogP contribution in [0.3, 0.4) is 0 Å². The number of hydrogen-bond donors (Lipinski definition) is 1. The smallest absolute Gasteiger partial charge is 0.150 e. The average molecular weight is 255 g/mol. The van der Waals surface area contributed by atoms with Gasteiger partial charge in [0.15, 0.2) is 5.82 Å². The van der Waals surface area contributed by atoms with Crippen LogP contribution in [-0.2, 0) is 6.54 Å². The zero-order chi connectivity index (χ0) is 12.8. The molecule has 0 unspecified atom stereocenters. The van der Waals surface area contributed by atoms with Gasteiger partial charge in [-0.2, -0.15) is 5.10 Å². The van der Waals surface area contributed by atoms with E-state index in [1.807, 2.05) is 17.1 Å². The highest BCUT2D eigenvalue weighted by atomic mass is 15.3. The van der Waals surface area contributed by atoms with Crippen LogP contribution in [0.1, 0.15) is 13.3 Å². The fourth-order valence-corrected chi connectivity index (χ4v) is 2.93. The maximum Gasteiger partial charge on any atom is 0.150 e. The zero-order valence-corrected chi connectivity index (χ0v) is 11.0. The molecule has 0 aromatic carbocycles. The first-order valence-corrected chi connectivity index (χ1v) is 6.89. The summed E-state index contributed by atoms with van der Waals surface area (Å²) in [7, 11) is 0. The molecule has 0 radical (unpaired) electrons. The highest BCUT2D eigenvalue weighted by molar-refractivity contribution is 5.74. The quantitative estimate of drug-likeness (QED) is 0.891. The summed E-state index contributed by atoms with van der Waals surface area (Å²) in [6.45, 7) is 5.23. The SMILES string of the molecule is CCn1cc(-c2ccc3c(n2)N[C@H]2CCN3C2)cn1. The van der Waals surface area contributed by atoms with E-state index in [9.17, 15) is 0 Å². The molecule has 98 valence electrons. The van der Waals surface area contributed by atoms with Gasteiger partial charge in [0.05, 0.1) is 17.6 Å². The molecule has 1 saturated heterocycles. The molecule has 2 aliphatic heterocycles. The Bertz CT molecular complexity index is 618. The molecule has 1 atom stereocenters. The largest absolute Gasteiger partial charge is 0.366 e. The molecule has 0 spiro atoms. The Balaban J connectivity index is 1.74. The molecule has 2 bridgehead atoms. The van der Waals surface area contributed by atoms with Crippen LogP contribution >= 0.6 is 0 Å². The van der Waals surface area contributed by atoms with Crippen molar-refractivity contribution in [1.82, 2.24) is 14.8 Å². The second kappa shape index (κ2) is 3.98. The molecule has 2 aromatic heterocycles. The van der Waals surface area contributed by atoms with Gasteiger partial charge in [-0.1, -0.05) is 0 Å². The number of aryl methyl sites for hydroxylation is 1. The van der Waals surface area contributed by atoms with Gasteiger partial charge in [0.2, 0.25) is 0 Å². The third-order valence-electron chi connectivity index (χ3n) is 4.00. The minimum Gasteiger partial charge on any atom is -0.366 e. The van der Waals surface area contributed by atoms with Gasteiger partial charge >= 0.3 is 0 Å². The molecule has 1 N–H and O–H groups in total. The average Bonchev–Trinajstić information content (AvgIpc) is 3.06. The van der Waals surface area contributed by atoms with Gasteiger partial charge < -0.3 is 10.2 Å². The standard InChI is InChI=1S/C14H17N5/c1-2-19-8-10(7-15-19)12-3-4-13-14(17-12)16-11-5-6-18(13)9-11/h3-4,7-8,11H,2,5-6,9H2,1H3,(H,16,17)/t11-/m0/s1. The molecular weight excluding hydrogens is 238 g/mol. The van der Waals surface area contributed by atoms with Crippen molar-refractivity contribution in [3.05, 3.63) is 24.5 Å². The number of aromatic nitrogens is 3. The summed E-state index contributed by atoms with van der Waals surface area (Å²) >= 11 is 0. The predicted octanol–water partition coefficient (Wildman–Crippen LogP) is 1.97. The second-order valence-corrected chi connectivity index (χ2v) is 5.22. The van der Waals surface area contributed by atoms with Gasteiger partial charge in [0.1, 0.15) is 0 Å². The van der Waals surface area contributed by atoms with Crippen molar-refractivity contribution in [2.24, 2.45) is 0 Å². The van der Waals surface area contributed by atoms with Gasteiger partial charge in [-0.05, 0) is 25.5 Å². The predicted molar refractivity (Wildman–Crippen MR) is 75.4 cm³/mol. The number of anilines is 2. The molecule has 0 aliphatic carbocycles. The lowest BCUT2D eigenvalue weighted by Gasteiger charge is -2.27. The maximum absolute atomic E-state index is 4.77. The van der Waals surface area contributed by atoms with Crippen LogP contribution in [0.4, 0.5) is 11.5 Å². The first-order valence-electron chi connectivity index (χ1n) is 6.89. The van der Waals surface area contributed by atoms with Crippen molar-refractivity contribution in [3.8, 4) is 11.3 Å². The van der Waals surface area contributed by atoms with E-state index in [4.69, 9.17) is 4.98 Å². The van der Waals surface area contributed by atoms with E-state index in [2.05, 4.69) is 34.4 Å². The van der Waals surface area contributed by atoms with Crippen LogP contribution in [0.15, 0.2) is 24.5 Å². The number of pyridine rings is 1. The molecule has 1 fully saturated rings. The van der Waals surface area contributed by atoms with Gasteiger partial charge in [0.25, 0.3) is 0 Å². The Morgan fingerprint density at radius 2 is 2.37 bits per heavy atom. The van der Waals surface area contributed by atoms with E-state index in [-0.39, 0.29) is 0 Å². The van der Waals surface area contributed by atoms with Crippen molar-refractivity contribution in [1.29, 1.82) is 0 Å². The van der Waals surface area contributed by atoms with Crippen molar-refractivity contribution >= 4 is 11.5 Å². The highest BCUT2D eigenvalue weighted by Gasteiger charge is 2.30. The Kier molecular flexibility index (Phi) is 2.27. The molecule has 19 heavy (non-hydrogen) atoms. The molecule has 5 nitrogen and oxygen atoms in total. The van der Waals surface area contributed by atoms with Crippen LogP contribution in [-0.4, -0.2) is 33.9 Å². The number of hydrogen-bond acceptors (Lipinski definition) is 4. The summed E-state index contributed by atoms with van der Waals surface area (Å²) in [4.78, 5) is 7.19. The maximum atomic E-state index is 4.77. The summed E-state index contributed by atoms with van der Waals surface area (Å²) in [5, 5.41) is 7.85. The molecule has 5 heteroatoms. The summed E-state index contributed by atoms with van der Waals surface area (Å²) in [6.07, 6.45) is 5.14. The van der Waals surface area contributed by atoms with E-state index in [1.165, 1.54) is 12.1 Å². The van der Waals surface area contributed by atoms with Crippen LogP contribution in [0.5, 0.6) is 0 Å². The van der Waals surface area contributed by atoms with Crippen LogP contribution < -0.4 is 10.2 Å². The van der Waals surface area contributed by atoms with Crippen molar-refractivity contribution in [2.45, 2.75) is 25.9 Å². The van der Waals surface area contributed by atoms with E-state index < -0.39 is 0 Å². The van der Waals surface area contributed by atoms with Crippen LogP contribution in [0.25, 0.3) is 11.3 Å². The first kappa shape index (κ1) is 10.8. The van der Waals surface area contributed by atoms with Gasteiger partial charge in [-0.3, -0.25) is 4.68 Å². The van der Waals surface area contributed by atoms with Crippen molar-refractivity contribution in [2.75, 3.05) is 23.3 Å². The van der Waals surface area contributed by atoms with Crippen LogP contribution in [0, 0.1) is 0 Å². The Morgan fingerprint density at radius 3 is 3.21 bits per heavy atom. The number of nitrogens with zero attached hydrogens (tertiary/aromatic N) is 4. The van der Waals surface area contributed by atoms with Gasteiger partial charge in [-0.15, -0.1) is 0 Å². The van der Waals surface area contributed by atoms with Crippen LogP contribution in [0.2, 0.25) is 0 Å². The summed E-state index contributed by atoms with van der Waals surface area (Å²) < 4.78 is 1.93. The Hall–Kier alpha value is -2.04. The monoisotopic (exact) mass is 255 g/mol. The molecular formula is C14H17N5. The van der Waals surface area contributed by atoms with Gasteiger partial charge in [0, 0.05) is 37.4 Å². The number of rotatable bonds is 2. The summed E-state index contributed by atoms with van der Waals surface area (Å²) in [5.41, 5.74) is 3.31. The lowest BCUT2D eigenvalue weighted by Crippen LogP contribution is -2.32. The zero-order valence-electron chi connectivity index (χ0n) is 11.0. The van der Waals surface area contributed by atoms with E-state index in [0.29, 0.717) is 6.04 Å². The van der Waals surface area contributed by atoms with E-state index >= 15 is 0 Å². The van der Waals surface area contributed by atoms with Crippen molar-refractivity contribution < 1.29 is 0 Å². The minimum absolute atomic E-state index is 0.564. The topological polar surface area (TPSA) is 46.0 Å². The van der Waals surface area contributed by atoms with E-state index in [1.54, 1.807) is 0 Å². The number of nitrogens with one attached hydrogen (secondary N) is 1. The molecule has 4 rings (SSSR count). The normalized spacial score (nSPS) is 20.3. The van der Waals surface area contributed by atoms with Gasteiger partial charge in [-0.25, -0.2) is 4.98 Å². The Labute approximate surface area is 112 Å². The number of fused-ring (bicyclic) bond motifs is 4. The lowest BCUT2D eigenvalue weighted by molar-refractivity contribution is 0.660. The molecule has 0 saturated carbocycles. The fourth-order valence-electron chi connectivity index (χ4n) is 2.93. The molecule has 4 heterocycles. The fraction of sp³-hybridized carbons (Fsp3) is 0.429. The molecule has 2 aromatic rings. The summed E-state index contributed by atoms with van der Waals surface area (Å²) in [5.74, 6) is 1.02. The molecule has 2 aliphatic rings. The Morgan fingerprint density at radius 1 is 1.42 bits per heavy atom.